The molecule has 15 heavy (non-hydrogen) atoms. The second-order valence-corrected chi connectivity index (χ2v) is 3.66. The van der Waals surface area contributed by atoms with Crippen LogP contribution in [0.15, 0.2) is 0 Å². The lowest BCUT2D eigenvalue weighted by molar-refractivity contribution is -0.141. The highest BCUT2D eigenvalue weighted by molar-refractivity contribution is 6.00. The second-order valence-electron chi connectivity index (χ2n) is 3.66. The highest BCUT2D eigenvalue weighted by Crippen LogP contribution is 2.11. The van der Waals surface area contributed by atoms with Gasteiger partial charge in [0, 0.05) is 13.0 Å². The van der Waals surface area contributed by atoms with Gasteiger partial charge in [-0.2, -0.15) is 0 Å². The molecule has 0 spiro atoms. The molecule has 0 radical (unpaired) electrons. The van der Waals surface area contributed by atoms with E-state index in [0.29, 0.717) is 25.8 Å². The van der Waals surface area contributed by atoms with Crippen molar-refractivity contribution >= 4 is 18.2 Å². The Morgan fingerprint density at radius 1 is 1.53 bits per heavy atom. The molecule has 1 fully saturated rings. The third kappa shape index (κ3) is 3.04. The summed E-state index contributed by atoms with van der Waals surface area (Å²) in [7, 11) is 0. The van der Waals surface area contributed by atoms with Crippen LogP contribution >= 0.6 is 0 Å². The first-order valence-electron chi connectivity index (χ1n) is 5.23. The standard InChI is InChI=1S/C10H16N2O3/c1-2-3-6-12(7-13)8-4-5-9(14)11-10(8)15/h7-8H,2-6H2,1H3,(H,11,14,15). The van der Waals surface area contributed by atoms with Crippen molar-refractivity contribution < 1.29 is 14.4 Å². The van der Waals surface area contributed by atoms with Crippen LogP contribution in [0.25, 0.3) is 0 Å². The van der Waals surface area contributed by atoms with E-state index >= 15 is 0 Å². The molecule has 1 unspecified atom stereocenters. The largest absolute Gasteiger partial charge is 0.333 e. The first kappa shape index (κ1) is 11.7. The molecule has 5 heteroatoms. The predicted octanol–water partition coefficient (Wildman–Crippen LogP) is 0.0501. The lowest BCUT2D eigenvalue weighted by Gasteiger charge is -2.29. The van der Waals surface area contributed by atoms with Crippen LogP contribution in [-0.2, 0) is 14.4 Å². The molecule has 0 aromatic heterocycles. The van der Waals surface area contributed by atoms with E-state index in [1.165, 1.54) is 4.90 Å². The zero-order valence-electron chi connectivity index (χ0n) is 8.86. The molecule has 0 saturated carbocycles. The molecule has 84 valence electrons. The van der Waals surface area contributed by atoms with Gasteiger partial charge in [-0.1, -0.05) is 13.3 Å². The van der Waals surface area contributed by atoms with Crippen LogP contribution in [0, 0.1) is 0 Å². The maximum atomic E-state index is 11.4. The van der Waals surface area contributed by atoms with Crippen LogP contribution in [0.1, 0.15) is 32.6 Å². The number of hydrogen-bond donors (Lipinski definition) is 1. The van der Waals surface area contributed by atoms with Crippen molar-refractivity contribution in [3.8, 4) is 0 Å². The van der Waals surface area contributed by atoms with Crippen LogP contribution in [-0.4, -0.2) is 35.7 Å². The Kier molecular flexibility index (Phi) is 4.27. The normalized spacial score (nSPS) is 21.0. The molecule has 0 bridgehead atoms. The Morgan fingerprint density at radius 2 is 2.27 bits per heavy atom. The van der Waals surface area contributed by atoms with E-state index < -0.39 is 6.04 Å². The van der Waals surface area contributed by atoms with Crippen molar-refractivity contribution in [2.75, 3.05) is 6.54 Å². The molecule has 1 heterocycles. The summed E-state index contributed by atoms with van der Waals surface area (Å²) in [6.07, 6.45) is 3.28. The number of carbonyl (C=O) groups excluding carboxylic acids is 3. The van der Waals surface area contributed by atoms with Gasteiger partial charge in [0.1, 0.15) is 6.04 Å². The summed E-state index contributed by atoms with van der Waals surface area (Å²) < 4.78 is 0. The average molecular weight is 212 g/mol. The lowest BCUT2D eigenvalue weighted by atomic mass is 10.0. The fourth-order valence-electron chi connectivity index (χ4n) is 1.62. The topological polar surface area (TPSA) is 66.5 Å². The van der Waals surface area contributed by atoms with Crippen molar-refractivity contribution in [1.29, 1.82) is 0 Å². The number of piperidine rings is 1. The molecule has 1 atom stereocenters. The molecular weight excluding hydrogens is 196 g/mol. The Hall–Kier alpha value is -1.39. The first-order valence-corrected chi connectivity index (χ1v) is 5.23. The van der Waals surface area contributed by atoms with Crippen molar-refractivity contribution in [3.05, 3.63) is 0 Å². The Bertz CT molecular complexity index is 265. The summed E-state index contributed by atoms with van der Waals surface area (Å²) in [6.45, 7) is 2.60. The maximum Gasteiger partial charge on any atom is 0.249 e. The number of amides is 3. The van der Waals surface area contributed by atoms with Gasteiger partial charge in [-0.25, -0.2) is 0 Å². The molecule has 0 aliphatic carbocycles. The van der Waals surface area contributed by atoms with Crippen molar-refractivity contribution in [2.24, 2.45) is 0 Å². The van der Waals surface area contributed by atoms with E-state index in [2.05, 4.69) is 5.32 Å². The smallest absolute Gasteiger partial charge is 0.249 e. The van der Waals surface area contributed by atoms with E-state index in [9.17, 15) is 14.4 Å². The summed E-state index contributed by atoms with van der Waals surface area (Å²) in [5.74, 6) is -0.605. The number of imide groups is 1. The fourth-order valence-corrected chi connectivity index (χ4v) is 1.62. The summed E-state index contributed by atoms with van der Waals surface area (Å²) in [6, 6.07) is -0.466. The molecule has 3 amide bonds. The van der Waals surface area contributed by atoms with Crippen molar-refractivity contribution in [3.63, 3.8) is 0 Å². The zero-order chi connectivity index (χ0) is 11.3. The Morgan fingerprint density at radius 3 is 2.80 bits per heavy atom. The minimum atomic E-state index is -0.466. The minimum Gasteiger partial charge on any atom is -0.333 e. The molecule has 1 aliphatic heterocycles. The SMILES string of the molecule is CCCCN(C=O)C1CCC(=O)NC1=O. The zero-order valence-corrected chi connectivity index (χ0v) is 8.86. The number of nitrogens with one attached hydrogen (secondary N) is 1. The van der Waals surface area contributed by atoms with Crippen LogP contribution in [0.4, 0.5) is 0 Å². The fraction of sp³-hybridized carbons (Fsp3) is 0.700. The molecule has 1 N–H and O–H groups in total. The van der Waals surface area contributed by atoms with Gasteiger partial charge in [0.25, 0.3) is 0 Å². The van der Waals surface area contributed by atoms with Crippen LogP contribution in [0.5, 0.6) is 0 Å². The first-order chi connectivity index (χ1) is 7.19. The maximum absolute atomic E-state index is 11.4. The highest BCUT2D eigenvalue weighted by atomic mass is 16.2. The van der Waals surface area contributed by atoms with Gasteiger partial charge in [0.2, 0.25) is 18.2 Å². The van der Waals surface area contributed by atoms with Gasteiger partial charge in [0.05, 0.1) is 0 Å². The second kappa shape index (κ2) is 5.48. The van der Waals surface area contributed by atoms with Gasteiger partial charge in [0.15, 0.2) is 0 Å². The van der Waals surface area contributed by atoms with Gasteiger partial charge in [-0.3, -0.25) is 19.7 Å². The van der Waals surface area contributed by atoms with Gasteiger partial charge in [-0.05, 0) is 12.8 Å². The van der Waals surface area contributed by atoms with Gasteiger partial charge in [-0.15, -0.1) is 0 Å². The van der Waals surface area contributed by atoms with Crippen LogP contribution in [0.2, 0.25) is 0 Å². The van der Waals surface area contributed by atoms with Gasteiger partial charge < -0.3 is 4.90 Å². The summed E-state index contributed by atoms with van der Waals surface area (Å²) >= 11 is 0. The van der Waals surface area contributed by atoms with E-state index in [1.807, 2.05) is 6.92 Å². The molecule has 0 aromatic rings. The van der Waals surface area contributed by atoms with E-state index in [-0.39, 0.29) is 11.8 Å². The quantitative estimate of drug-likeness (QED) is 0.517. The van der Waals surface area contributed by atoms with E-state index in [1.54, 1.807) is 0 Å². The minimum absolute atomic E-state index is 0.252. The Balaban J connectivity index is 2.55. The number of unbranched alkanes of at least 4 members (excludes halogenated alkanes) is 1. The number of carbonyl (C=O) groups is 3. The molecule has 1 saturated heterocycles. The van der Waals surface area contributed by atoms with Crippen molar-refractivity contribution in [2.45, 2.75) is 38.6 Å². The molecule has 0 aromatic carbocycles. The summed E-state index contributed by atoms with van der Waals surface area (Å²) in [4.78, 5) is 34.6. The number of rotatable bonds is 5. The highest BCUT2D eigenvalue weighted by Gasteiger charge is 2.30. The molecule has 1 rings (SSSR count). The molecule has 1 aliphatic rings. The average Bonchev–Trinajstić information content (AvgIpc) is 2.21. The Labute approximate surface area is 88.8 Å². The number of nitrogens with zero attached hydrogens (tertiary/aromatic N) is 1. The lowest BCUT2D eigenvalue weighted by Crippen LogP contribution is -2.52. The van der Waals surface area contributed by atoms with Crippen molar-refractivity contribution in [1.82, 2.24) is 10.2 Å². The molecular formula is C10H16N2O3. The number of hydrogen-bond acceptors (Lipinski definition) is 3. The van der Waals surface area contributed by atoms with Gasteiger partial charge >= 0.3 is 0 Å². The summed E-state index contributed by atoms with van der Waals surface area (Å²) in [5, 5.41) is 2.24. The third-order valence-electron chi connectivity index (χ3n) is 2.52. The van der Waals surface area contributed by atoms with E-state index in [4.69, 9.17) is 0 Å². The monoisotopic (exact) mass is 212 g/mol. The van der Waals surface area contributed by atoms with E-state index in [0.717, 1.165) is 12.8 Å². The van der Waals surface area contributed by atoms with Crippen LogP contribution in [0.3, 0.4) is 0 Å². The third-order valence-corrected chi connectivity index (χ3v) is 2.52. The predicted molar refractivity (Wildman–Crippen MR) is 53.8 cm³/mol. The van der Waals surface area contributed by atoms with Crippen LogP contribution < -0.4 is 5.32 Å². The molecule has 5 nitrogen and oxygen atoms in total. The summed E-state index contributed by atoms with van der Waals surface area (Å²) in [5.41, 5.74) is 0.